The smallest absolute Gasteiger partial charge is 0.217 e. The van der Waals surface area contributed by atoms with Crippen molar-refractivity contribution in [3.05, 3.63) is 22.7 Å². The van der Waals surface area contributed by atoms with Gasteiger partial charge in [-0.1, -0.05) is 13.8 Å². The van der Waals surface area contributed by atoms with Gasteiger partial charge in [-0.3, -0.25) is 9.79 Å². The average Bonchev–Trinajstić information content (AvgIpc) is 3.14. The van der Waals surface area contributed by atoms with Crippen LogP contribution in [0.4, 0.5) is 0 Å². The second-order valence-corrected chi connectivity index (χ2v) is 9.40. The Bertz CT molecular complexity index is 885. The molecule has 0 unspecified atom stereocenters. The summed E-state index contributed by atoms with van der Waals surface area (Å²) < 4.78 is 13.6. The highest BCUT2D eigenvalue weighted by atomic mass is 32.1. The molecule has 0 spiro atoms. The van der Waals surface area contributed by atoms with Crippen molar-refractivity contribution >= 4 is 33.7 Å². The van der Waals surface area contributed by atoms with Gasteiger partial charge in [0.1, 0.15) is 5.75 Å². The van der Waals surface area contributed by atoms with Gasteiger partial charge in [-0.25, -0.2) is 4.98 Å². The number of rotatable bonds is 8. The van der Waals surface area contributed by atoms with Crippen molar-refractivity contribution < 1.29 is 14.3 Å². The topological polar surface area (TPSA) is 72.8 Å². The summed E-state index contributed by atoms with van der Waals surface area (Å²) in [6.07, 6.45) is 6.15. The predicted molar refractivity (Wildman–Crippen MR) is 123 cm³/mol. The first kappa shape index (κ1) is 22.7. The van der Waals surface area contributed by atoms with Crippen LogP contribution in [0.1, 0.15) is 69.9 Å². The molecule has 3 rings (SSSR count). The molecule has 1 aliphatic carbocycles. The first-order valence-electron chi connectivity index (χ1n) is 10.8. The lowest BCUT2D eigenvalue weighted by atomic mass is 9.94. The van der Waals surface area contributed by atoms with Gasteiger partial charge < -0.3 is 14.8 Å². The Kier molecular flexibility index (Phi) is 7.83. The van der Waals surface area contributed by atoms with E-state index in [9.17, 15) is 4.79 Å². The first-order chi connectivity index (χ1) is 14.4. The van der Waals surface area contributed by atoms with E-state index in [2.05, 4.69) is 30.2 Å². The van der Waals surface area contributed by atoms with Gasteiger partial charge >= 0.3 is 0 Å². The standard InChI is InChI=1S/C23H33N3O3S/c1-14(2)23-26-20-10-11-21(19(12-24-5)22(20)30-23)29-18-8-6-17(7-9-18)28-13-15(3)25-16(4)27/h10-12,14-15,17-18H,6-9,13H2,1-5H3,(H,25,27)/t15-,17?,18?/m0/s1. The van der Waals surface area contributed by atoms with Crippen molar-refractivity contribution in [1.82, 2.24) is 10.3 Å². The van der Waals surface area contributed by atoms with Gasteiger partial charge in [0.05, 0.1) is 39.6 Å². The molecule has 0 saturated heterocycles. The Morgan fingerprint density at radius 1 is 1.27 bits per heavy atom. The molecule has 164 valence electrons. The third kappa shape index (κ3) is 5.79. The summed E-state index contributed by atoms with van der Waals surface area (Å²) in [5.41, 5.74) is 2.04. The van der Waals surface area contributed by atoms with Crippen LogP contribution in [-0.4, -0.2) is 49.0 Å². The number of carbonyl (C=O) groups is 1. The maximum atomic E-state index is 11.1. The van der Waals surface area contributed by atoms with E-state index in [1.165, 1.54) is 6.92 Å². The van der Waals surface area contributed by atoms with E-state index >= 15 is 0 Å². The highest BCUT2D eigenvalue weighted by Gasteiger charge is 2.25. The molecule has 1 amide bonds. The molecule has 2 aromatic rings. The SMILES string of the molecule is CN=Cc1c(OC2CCC(OC[C@H](C)NC(C)=O)CC2)ccc2nc(C(C)C)sc12. The minimum atomic E-state index is -0.0203. The summed E-state index contributed by atoms with van der Waals surface area (Å²) >= 11 is 1.73. The minimum absolute atomic E-state index is 0.0203. The molecular formula is C23H33N3O3S. The number of hydrogen-bond acceptors (Lipinski definition) is 6. The average molecular weight is 432 g/mol. The number of aliphatic imine (C=N–C) groups is 1. The lowest BCUT2D eigenvalue weighted by Crippen LogP contribution is -2.36. The lowest BCUT2D eigenvalue weighted by Gasteiger charge is -2.30. The van der Waals surface area contributed by atoms with Crippen LogP contribution in [0.25, 0.3) is 10.2 Å². The number of nitrogens with zero attached hydrogens (tertiary/aromatic N) is 2. The summed E-state index contributed by atoms with van der Waals surface area (Å²) in [6.45, 7) is 8.38. The number of hydrogen-bond donors (Lipinski definition) is 1. The van der Waals surface area contributed by atoms with Crippen molar-refractivity contribution in [2.75, 3.05) is 13.7 Å². The van der Waals surface area contributed by atoms with E-state index in [0.717, 1.165) is 52.2 Å². The molecule has 0 bridgehead atoms. The third-order valence-corrected chi connectivity index (χ3v) is 6.68. The Hall–Kier alpha value is -1.99. The number of fused-ring (bicyclic) bond motifs is 1. The Morgan fingerprint density at radius 2 is 1.97 bits per heavy atom. The van der Waals surface area contributed by atoms with Crippen molar-refractivity contribution in [2.45, 2.75) is 77.5 Å². The summed E-state index contributed by atoms with van der Waals surface area (Å²) in [4.78, 5) is 20.1. The number of nitrogens with one attached hydrogen (secondary N) is 1. The van der Waals surface area contributed by atoms with E-state index < -0.39 is 0 Å². The Balaban J connectivity index is 1.62. The zero-order valence-electron chi connectivity index (χ0n) is 18.6. The van der Waals surface area contributed by atoms with Gasteiger partial charge in [0.2, 0.25) is 5.91 Å². The van der Waals surface area contributed by atoms with Gasteiger partial charge in [0.15, 0.2) is 0 Å². The van der Waals surface area contributed by atoms with Crippen LogP contribution < -0.4 is 10.1 Å². The van der Waals surface area contributed by atoms with E-state index in [0.29, 0.717) is 12.5 Å². The van der Waals surface area contributed by atoms with E-state index in [4.69, 9.17) is 14.5 Å². The predicted octanol–water partition coefficient (Wildman–Crippen LogP) is 4.70. The largest absolute Gasteiger partial charge is 0.490 e. The maximum absolute atomic E-state index is 11.1. The fraction of sp³-hybridized carbons (Fsp3) is 0.609. The van der Waals surface area contributed by atoms with Crippen LogP contribution in [0.15, 0.2) is 17.1 Å². The molecular weight excluding hydrogens is 398 g/mol. The summed E-state index contributed by atoms with van der Waals surface area (Å²) in [5, 5.41) is 4.00. The van der Waals surface area contributed by atoms with Gasteiger partial charge in [-0.2, -0.15) is 0 Å². The van der Waals surface area contributed by atoms with Crippen LogP contribution in [-0.2, 0) is 9.53 Å². The van der Waals surface area contributed by atoms with E-state index in [-0.39, 0.29) is 24.2 Å². The quantitative estimate of drug-likeness (QED) is 0.615. The van der Waals surface area contributed by atoms with Crippen molar-refractivity contribution in [3.63, 3.8) is 0 Å². The molecule has 1 aromatic carbocycles. The van der Waals surface area contributed by atoms with E-state index in [1.807, 2.05) is 19.2 Å². The van der Waals surface area contributed by atoms with Gasteiger partial charge in [0.25, 0.3) is 0 Å². The fourth-order valence-corrected chi connectivity index (χ4v) is 4.85. The molecule has 1 fully saturated rings. The van der Waals surface area contributed by atoms with Gasteiger partial charge in [-0.05, 0) is 44.7 Å². The summed E-state index contributed by atoms with van der Waals surface area (Å²) in [7, 11) is 1.79. The molecule has 0 aliphatic heterocycles. The Labute approximate surface area is 183 Å². The molecule has 1 atom stereocenters. The normalized spacial score (nSPS) is 20.7. The van der Waals surface area contributed by atoms with Crippen LogP contribution in [0, 0.1) is 0 Å². The zero-order valence-corrected chi connectivity index (χ0v) is 19.4. The number of benzene rings is 1. The molecule has 7 heteroatoms. The maximum Gasteiger partial charge on any atom is 0.217 e. The van der Waals surface area contributed by atoms with Crippen molar-refractivity contribution in [3.8, 4) is 5.75 Å². The van der Waals surface area contributed by atoms with Crippen molar-refractivity contribution in [2.24, 2.45) is 4.99 Å². The molecule has 30 heavy (non-hydrogen) atoms. The fourth-order valence-electron chi connectivity index (χ4n) is 3.78. The Morgan fingerprint density at radius 3 is 2.60 bits per heavy atom. The second-order valence-electron chi connectivity index (χ2n) is 8.37. The molecule has 1 heterocycles. The molecule has 1 N–H and O–H groups in total. The molecule has 0 radical (unpaired) electrons. The highest BCUT2D eigenvalue weighted by molar-refractivity contribution is 7.19. The van der Waals surface area contributed by atoms with Gasteiger partial charge in [-0.15, -0.1) is 11.3 Å². The monoisotopic (exact) mass is 431 g/mol. The number of ether oxygens (including phenoxy) is 2. The highest BCUT2D eigenvalue weighted by Crippen LogP contribution is 2.35. The number of amides is 1. The summed E-state index contributed by atoms with van der Waals surface area (Å²) in [5.74, 6) is 1.27. The van der Waals surface area contributed by atoms with Crippen LogP contribution in [0.5, 0.6) is 5.75 Å². The second kappa shape index (κ2) is 10.4. The van der Waals surface area contributed by atoms with Crippen LogP contribution >= 0.6 is 11.3 Å². The van der Waals surface area contributed by atoms with Crippen molar-refractivity contribution in [1.29, 1.82) is 0 Å². The molecule has 6 nitrogen and oxygen atoms in total. The first-order valence-corrected chi connectivity index (χ1v) is 11.6. The number of carbonyl (C=O) groups excluding carboxylic acids is 1. The van der Waals surface area contributed by atoms with E-state index in [1.54, 1.807) is 18.4 Å². The van der Waals surface area contributed by atoms with Gasteiger partial charge in [0, 0.05) is 32.1 Å². The minimum Gasteiger partial charge on any atom is -0.490 e. The van der Waals surface area contributed by atoms with Crippen LogP contribution in [0.2, 0.25) is 0 Å². The number of thiazole rings is 1. The zero-order chi connectivity index (χ0) is 21.7. The van der Waals surface area contributed by atoms with Crippen LogP contribution in [0.3, 0.4) is 0 Å². The molecule has 1 aromatic heterocycles. The number of aromatic nitrogens is 1. The lowest BCUT2D eigenvalue weighted by molar-refractivity contribution is -0.120. The molecule has 1 saturated carbocycles. The molecule has 1 aliphatic rings. The summed E-state index contributed by atoms with van der Waals surface area (Å²) in [6, 6.07) is 4.12. The third-order valence-electron chi connectivity index (χ3n) is 5.27.